The molecule has 1 saturated carbocycles. The van der Waals surface area contributed by atoms with Crippen molar-refractivity contribution in [3.05, 3.63) is 40.5 Å². The van der Waals surface area contributed by atoms with E-state index < -0.39 is 5.60 Å². The summed E-state index contributed by atoms with van der Waals surface area (Å²) in [5, 5.41) is 21.6. The summed E-state index contributed by atoms with van der Waals surface area (Å²) in [6.45, 7) is 5.71. The number of hydrogen-bond donors (Lipinski definition) is 2. The van der Waals surface area contributed by atoms with Crippen molar-refractivity contribution in [1.29, 1.82) is 0 Å². The molecule has 2 aromatic heterocycles. The number of carbonyl (C=O) groups excluding carboxylic acids is 1. The van der Waals surface area contributed by atoms with E-state index in [9.17, 15) is 9.90 Å². The van der Waals surface area contributed by atoms with Gasteiger partial charge in [0.1, 0.15) is 0 Å². The standard InChI is InChI=1S/C22H28N4O2S/c1-4-14-5-7-16(8-6-14)26-13-15-11-19(24-20(27)21-23-9-10-29-21)17(22(2,3)28)12-18(15)25-26/h9-14,16,28H,4-8H2,1-3H3,(H,24,27). The summed E-state index contributed by atoms with van der Waals surface area (Å²) in [6, 6.07) is 4.22. The summed E-state index contributed by atoms with van der Waals surface area (Å²) in [5.41, 5.74) is 0.976. The molecule has 0 spiro atoms. The van der Waals surface area contributed by atoms with E-state index in [4.69, 9.17) is 5.10 Å². The molecule has 0 aliphatic heterocycles. The first-order valence-corrected chi connectivity index (χ1v) is 11.2. The summed E-state index contributed by atoms with van der Waals surface area (Å²) >= 11 is 1.29. The van der Waals surface area contributed by atoms with Gasteiger partial charge in [-0.05, 0) is 57.6 Å². The second-order valence-electron chi connectivity index (χ2n) is 8.50. The van der Waals surface area contributed by atoms with E-state index in [1.165, 1.54) is 30.6 Å². The van der Waals surface area contributed by atoms with E-state index in [-0.39, 0.29) is 5.91 Å². The van der Waals surface area contributed by atoms with Crippen LogP contribution in [0.1, 0.15) is 74.3 Å². The van der Waals surface area contributed by atoms with Crippen LogP contribution < -0.4 is 5.32 Å². The molecule has 154 valence electrons. The van der Waals surface area contributed by atoms with Gasteiger partial charge in [0.25, 0.3) is 5.91 Å². The van der Waals surface area contributed by atoms with Crippen LogP contribution in [0.3, 0.4) is 0 Å². The number of hydrogen-bond acceptors (Lipinski definition) is 5. The zero-order valence-corrected chi connectivity index (χ0v) is 18.0. The van der Waals surface area contributed by atoms with E-state index in [2.05, 4.69) is 28.1 Å². The molecule has 1 amide bonds. The molecule has 1 aliphatic rings. The maximum Gasteiger partial charge on any atom is 0.284 e. The van der Waals surface area contributed by atoms with Crippen LogP contribution >= 0.6 is 11.3 Å². The van der Waals surface area contributed by atoms with Gasteiger partial charge in [0.2, 0.25) is 0 Å². The highest BCUT2D eigenvalue weighted by molar-refractivity contribution is 7.11. The average molecular weight is 413 g/mol. The highest BCUT2D eigenvalue weighted by Crippen LogP contribution is 2.36. The molecule has 0 radical (unpaired) electrons. The smallest absolute Gasteiger partial charge is 0.284 e. The monoisotopic (exact) mass is 412 g/mol. The van der Waals surface area contributed by atoms with Gasteiger partial charge in [-0.1, -0.05) is 13.3 Å². The van der Waals surface area contributed by atoms with Gasteiger partial charge in [-0.3, -0.25) is 9.48 Å². The molecule has 1 aliphatic carbocycles. The van der Waals surface area contributed by atoms with Gasteiger partial charge in [0.05, 0.1) is 17.2 Å². The van der Waals surface area contributed by atoms with E-state index >= 15 is 0 Å². The molecule has 6 nitrogen and oxygen atoms in total. The Morgan fingerprint density at radius 2 is 2.07 bits per heavy atom. The van der Waals surface area contributed by atoms with Crippen molar-refractivity contribution in [3.8, 4) is 0 Å². The first-order chi connectivity index (χ1) is 13.8. The van der Waals surface area contributed by atoms with E-state index in [1.54, 1.807) is 25.4 Å². The van der Waals surface area contributed by atoms with Gasteiger partial charge in [-0.15, -0.1) is 11.3 Å². The number of aromatic nitrogens is 3. The van der Waals surface area contributed by atoms with Crippen LogP contribution in [-0.4, -0.2) is 25.8 Å². The molecule has 1 fully saturated rings. The first kappa shape index (κ1) is 20.0. The number of fused-ring (bicyclic) bond motifs is 1. The third-order valence-electron chi connectivity index (χ3n) is 5.96. The molecule has 7 heteroatoms. The zero-order chi connectivity index (χ0) is 20.6. The molecule has 0 bridgehead atoms. The second-order valence-corrected chi connectivity index (χ2v) is 9.39. The third kappa shape index (κ3) is 4.21. The quantitative estimate of drug-likeness (QED) is 0.610. The lowest BCUT2D eigenvalue weighted by Gasteiger charge is -2.27. The Morgan fingerprint density at radius 1 is 1.31 bits per heavy atom. The fraction of sp³-hybridized carbons (Fsp3) is 0.500. The largest absolute Gasteiger partial charge is 0.386 e. The molecule has 0 unspecified atom stereocenters. The highest BCUT2D eigenvalue weighted by atomic mass is 32.1. The molecule has 0 saturated heterocycles. The number of aliphatic hydroxyl groups is 1. The molecular formula is C22H28N4O2S. The first-order valence-electron chi connectivity index (χ1n) is 10.3. The molecule has 2 N–H and O–H groups in total. The Labute approximate surface area is 175 Å². The summed E-state index contributed by atoms with van der Waals surface area (Å²) in [5.74, 6) is 0.570. The minimum Gasteiger partial charge on any atom is -0.386 e. The SMILES string of the molecule is CCC1CCC(n2cc3cc(NC(=O)c4nccs4)c(C(C)(C)O)cc3n2)CC1. The maximum absolute atomic E-state index is 12.5. The lowest BCUT2D eigenvalue weighted by Crippen LogP contribution is -2.21. The van der Waals surface area contributed by atoms with Crippen molar-refractivity contribution in [3.63, 3.8) is 0 Å². The van der Waals surface area contributed by atoms with Gasteiger partial charge in [-0.25, -0.2) is 4.98 Å². The lowest BCUT2D eigenvalue weighted by molar-refractivity contribution is 0.0794. The van der Waals surface area contributed by atoms with E-state index in [0.717, 1.165) is 29.7 Å². The predicted molar refractivity (Wildman–Crippen MR) is 116 cm³/mol. The van der Waals surface area contributed by atoms with Gasteiger partial charge >= 0.3 is 0 Å². The average Bonchev–Trinajstić information content (AvgIpc) is 3.36. The van der Waals surface area contributed by atoms with Crippen LogP contribution in [0.15, 0.2) is 29.9 Å². The molecule has 4 rings (SSSR count). The van der Waals surface area contributed by atoms with Crippen LogP contribution in [0.5, 0.6) is 0 Å². The van der Waals surface area contributed by atoms with Crippen molar-refractivity contribution in [1.82, 2.24) is 14.8 Å². The second kappa shape index (κ2) is 7.88. The van der Waals surface area contributed by atoms with Crippen LogP contribution in [0.4, 0.5) is 5.69 Å². The van der Waals surface area contributed by atoms with Gasteiger partial charge in [-0.2, -0.15) is 5.10 Å². The fourth-order valence-corrected chi connectivity index (χ4v) is 4.75. The van der Waals surface area contributed by atoms with Crippen LogP contribution in [0.25, 0.3) is 10.9 Å². The van der Waals surface area contributed by atoms with Gasteiger partial charge in [0, 0.05) is 34.4 Å². The van der Waals surface area contributed by atoms with Crippen molar-refractivity contribution >= 4 is 33.8 Å². The number of nitrogens with one attached hydrogen (secondary N) is 1. The van der Waals surface area contributed by atoms with Crippen molar-refractivity contribution in [2.75, 3.05) is 5.32 Å². The number of carbonyl (C=O) groups is 1. The van der Waals surface area contributed by atoms with Crippen LogP contribution in [0.2, 0.25) is 0 Å². The van der Waals surface area contributed by atoms with Crippen LogP contribution in [0, 0.1) is 5.92 Å². The topological polar surface area (TPSA) is 80.0 Å². The Bertz CT molecular complexity index is 996. The third-order valence-corrected chi connectivity index (χ3v) is 6.73. The Hall–Kier alpha value is -2.25. The molecular weight excluding hydrogens is 384 g/mol. The maximum atomic E-state index is 12.5. The highest BCUT2D eigenvalue weighted by Gasteiger charge is 2.25. The molecule has 1 aromatic carbocycles. The predicted octanol–water partition coefficient (Wildman–Crippen LogP) is 5.11. The number of thiazole rings is 1. The Balaban J connectivity index is 1.66. The van der Waals surface area contributed by atoms with Crippen LogP contribution in [-0.2, 0) is 5.60 Å². The van der Waals surface area contributed by atoms with Crippen molar-refractivity contribution in [2.45, 2.75) is 64.5 Å². The fourth-order valence-electron chi connectivity index (χ4n) is 4.22. The van der Waals surface area contributed by atoms with Gasteiger partial charge < -0.3 is 10.4 Å². The lowest BCUT2D eigenvalue weighted by atomic mass is 9.85. The Morgan fingerprint density at radius 3 is 2.69 bits per heavy atom. The molecule has 0 atom stereocenters. The normalized spacial score (nSPS) is 20.1. The summed E-state index contributed by atoms with van der Waals surface area (Å²) < 4.78 is 2.08. The Kier molecular flexibility index (Phi) is 5.44. The number of rotatable bonds is 5. The number of benzene rings is 1. The van der Waals surface area contributed by atoms with Crippen molar-refractivity contribution < 1.29 is 9.90 Å². The van der Waals surface area contributed by atoms with Crippen molar-refractivity contribution in [2.24, 2.45) is 5.92 Å². The molecule has 2 heterocycles. The summed E-state index contributed by atoms with van der Waals surface area (Å²) in [7, 11) is 0. The number of anilines is 1. The minimum atomic E-state index is -1.11. The summed E-state index contributed by atoms with van der Waals surface area (Å²) in [6.07, 6.45) is 9.74. The number of amides is 1. The van der Waals surface area contributed by atoms with E-state index in [0.29, 0.717) is 22.3 Å². The summed E-state index contributed by atoms with van der Waals surface area (Å²) in [4.78, 5) is 16.6. The van der Waals surface area contributed by atoms with E-state index in [1.807, 2.05) is 12.1 Å². The minimum absolute atomic E-state index is 0.268. The molecule has 3 aromatic rings. The van der Waals surface area contributed by atoms with Gasteiger partial charge in [0.15, 0.2) is 5.01 Å². The zero-order valence-electron chi connectivity index (χ0n) is 17.2. The number of nitrogens with zero attached hydrogens (tertiary/aromatic N) is 3. The molecule has 29 heavy (non-hydrogen) atoms.